The molecule has 0 fully saturated rings. The van der Waals surface area contributed by atoms with E-state index in [0.717, 1.165) is 6.42 Å². The van der Waals surface area contributed by atoms with E-state index in [1.807, 2.05) is 19.1 Å². The minimum absolute atomic E-state index is 0. The van der Waals surface area contributed by atoms with Crippen LogP contribution in [0, 0.1) is 11.3 Å². The van der Waals surface area contributed by atoms with Gasteiger partial charge in [-0.3, -0.25) is 0 Å². The Balaban J connectivity index is -0.0000000215. The van der Waals surface area contributed by atoms with Crippen molar-refractivity contribution in [2.45, 2.75) is 13.3 Å². The second-order valence-corrected chi connectivity index (χ2v) is 2.44. The van der Waals surface area contributed by atoms with Crippen molar-refractivity contribution in [1.29, 1.82) is 5.26 Å². The van der Waals surface area contributed by atoms with Crippen molar-refractivity contribution in [1.82, 2.24) is 0 Å². The van der Waals surface area contributed by atoms with Crippen LogP contribution in [0.15, 0.2) is 12.2 Å². The molecular formula is C5H7NNa4O4Si. The second kappa shape index (κ2) is 26.0. The van der Waals surface area contributed by atoms with Gasteiger partial charge in [-0.1, -0.05) is 13.0 Å². The Bertz CT molecular complexity index is 152. The summed E-state index contributed by atoms with van der Waals surface area (Å²) in [5.74, 6) is 0. The average Bonchev–Trinajstić information content (AvgIpc) is 1.79. The van der Waals surface area contributed by atoms with E-state index in [4.69, 9.17) is 24.4 Å². The maximum absolute atomic E-state index is 8.58. The molecule has 10 heteroatoms. The van der Waals surface area contributed by atoms with E-state index >= 15 is 0 Å². The van der Waals surface area contributed by atoms with Gasteiger partial charge in [0.05, 0.1) is 6.07 Å². The van der Waals surface area contributed by atoms with E-state index in [0.29, 0.717) is 0 Å². The van der Waals surface area contributed by atoms with Crippen LogP contribution in [0.25, 0.3) is 0 Å². The van der Waals surface area contributed by atoms with Crippen LogP contribution in [0.3, 0.4) is 0 Å². The fraction of sp³-hybridized carbons (Fsp3) is 0.400. The molecule has 0 unspecified atom stereocenters. The largest absolute Gasteiger partial charge is 1.00 e. The van der Waals surface area contributed by atoms with E-state index in [9.17, 15) is 0 Å². The van der Waals surface area contributed by atoms with Crippen LogP contribution in [0.2, 0.25) is 0 Å². The molecule has 0 N–H and O–H groups in total. The van der Waals surface area contributed by atoms with E-state index in [-0.39, 0.29) is 118 Å². The first-order valence-corrected chi connectivity index (χ1v) is 4.41. The summed E-state index contributed by atoms with van der Waals surface area (Å²) in [5, 5.41) is 7.86. The van der Waals surface area contributed by atoms with Gasteiger partial charge in [-0.05, 0) is 6.42 Å². The first-order valence-electron chi connectivity index (χ1n) is 2.78. The van der Waals surface area contributed by atoms with Crippen molar-refractivity contribution in [2.75, 3.05) is 0 Å². The number of hydrogen-bond donors (Lipinski definition) is 0. The van der Waals surface area contributed by atoms with Gasteiger partial charge in [0, 0.05) is 6.08 Å². The minimum Gasteiger partial charge on any atom is -0.894 e. The quantitative estimate of drug-likeness (QED) is 0.345. The molecule has 0 atom stereocenters. The Morgan fingerprint density at radius 1 is 1.07 bits per heavy atom. The Labute approximate surface area is 180 Å². The van der Waals surface area contributed by atoms with Crippen LogP contribution in [0.4, 0.5) is 0 Å². The molecule has 64 valence electrons. The SMILES string of the molecule is CC/C=C\C#N.[Na+].[Na+].[Na+].[Na+].[O-][Si]([O-])([O-])[O-]. The van der Waals surface area contributed by atoms with Gasteiger partial charge in [-0.25, -0.2) is 0 Å². The first kappa shape index (κ1) is 36.2. The molecule has 0 aromatic rings. The van der Waals surface area contributed by atoms with Gasteiger partial charge in [0.25, 0.3) is 0 Å². The van der Waals surface area contributed by atoms with Crippen LogP contribution >= 0.6 is 0 Å². The molecule has 0 saturated carbocycles. The summed E-state index contributed by atoms with van der Waals surface area (Å²) >= 11 is 0. The minimum atomic E-state index is -5.61. The molecule has 0 aliphatic rings. The Morgan fingerprint density at radius 3 is 1.40 bits per heavy atom. The van der Waals surface area contributed by atoms with E-state index in [2.05, 4.69) is 0 Å². The summed E-state index contributed by atoms with van der Waals surface area (Å²) in [7, 11) is -5.61. The second-order valence-electron chi connectivity index (χ2n) is 1.44. The molecule has 0 saturated heterocycles. The molecule has 0 radical (unpaired) electrons. The number of nitriles is 1. The standard InChI is InChI=1S/C5H7N.4Na.O4Si/c1-2-3-4-5-6;;;;;1-5(2,3)4/h3-4H,2H2,1H3;;;;;/q;4*+1;-4/b4-3-;;;;;. The summed E-state index contributed by atoms with van der Waals surface area (Å²) in [5.41, 5.74) is 0. The van der Waals surface area contributed by atoms with Gasteiger partial charge in [-0.2, -0.15) is 5.26 Å². The molecule has 0 aliphatic heterocycles. The molecule has 0 aliphatic carbocycles. The predicted molar refractivity (Wildman–Crippen MR) is 30.8 cm³/mol. The van der Waals surface area contributed by atoms with Crippen molar-refractivity contribution >= 4 is 9.05 Å². The van der Waals surface area contributed by atoms with Crippen molar-refractivity contribution in [2.24, 2.45) is 0 Å². The topological polar surface area (TPSA) is 116 Å². The maximum Gasteiger partial charge on any atom is 1.00 e. The molecule has 0 aromatic heterocycles. The van der Waals surface area contributed by atoms with Crippen molar-refractivity contribution < 1.29 is 137 Å². The average molecular weight is 265 g/mol. The van der Waals surface area contributed by atoms with E-state index in [1.165, 1.54) is 6.08 Å². The molecule has 0 spiro atoms. The monoisotopic (exact) mass is 265 g/mol. The normalized spacial score (nSPS) is 7.47. The van der Waals surface area contributed by atoms with Crippen LogP contribution in [-0.4, -0.2) is 9.05 Å². The fourth-order valence-corrected chi connectivity index (χ4v) is 0.171. The zero-order valence-corrected chi connectivity index (χ0v) is 18.9. The number of allylic oxidation sites excluding steroid dienone is 2. The van der Waals surface area contributed by atoms with Crippen molar-refractivity contribution in [3.8, 4) is 6.07 Å². The van der Waals surface area contributed by atoms with E-state index < -0.39 is 9.05 Å². The van der Waals surface area contributed by atoms with Gasteiger partial charge in [0.15, 0.2) is 0 Å². The zero-order valence-electron chi connectivity index (χ0n) is 9.94. The molecule has 0 rings (SSSR count). The van der Waals surface area contributed by atoms with Gasteiger partial charge in [-0.15, -0.1) is 0 Å². The van der Waals surface area contributed by atoms with Gasteiger partial charge in [0.2, 0.25) is 0 Å². The Morgan fingerprint density at radius 2 is 1.33 bits per heavy atom. The van der Waals surface area contributed by atoms with Crippen molar-refractivity contribution in [3.05, 3.63) is 12.2 Å². The number of nitrogens with zero attached hydrogens (tertiary/aromatic N) is 1. The van der Waals surface area contributed by atoms with Gasteiger partial charge >= 0.3 is 118 Å². The van der Waals surface area contributed by atoms with Crippen LogP contribution in [-0.2, 0) is 0 Å². The third-order valence-electron chi connectivity index (χ3n) is 0.428. The summed E-state index contributed by atoms with van der Waals surface area (Å²) < 4.78 is 0. The van der Waals surface area contributed by atoms with Crippen LogP contribution < -0.4 is 137 Å². The number of rotatable bonds is 1. The van der Waals surface area contributed by atoms with Crippen LogP contribution in [0.1, 0.15) is 13.3 Å². The smallest absolute Gasteiger partial charge is 0.894 e. The fourth-order valence-electron chi connectivity index (χ4n) is 0.171. The van der Waals surface area contributed by atoms with Crippen molar-refractivity contribution in [3.63, 3.8) is 0 Å². The van der Waals surface area contributed by atoms with Gasteiger partial charge in [0.1, 0.15) is 0 Å². The van der Waals surface area contributed by atoms with E-state index in [1.54, 1.807) is 0 Å². The summed E-state index contributed by atoms with van der Waals surface area (Å²) in [6.45, 7) is 1.99. The maximum atomic E-state index is 8.58. The number of hydrogen-bond acceptors (Lipinski definition) is 5. The summed E-state index contributed by atoms with van der Waals surface area (Å²) in [4.78, 5) is 34.3. The summed E-state index contributed by atoms with van der Waals surface area (Å²) in [6, 6.07) is 1.89. The molecular weight excluding hydrogens is 258 g/mol. The first-order chi connectivity index (χ1) is 4.91. The molecule has 15 heavy (non-hydrogen) atoms. The zero-order chi connectivity index (χ0) is 9.33. The Kier molecular flexibility index (Phi) is 62.7. The third kappa shape index (κ3) is 102. The molecule has 5 nitrogen and oxygen atoms in total. The predicted octanol–water partition coefficient (Wildman–Crippen LogP) is -15.6. The molecule has 0 amide bonds. The Hall–Kier alpha value is 3.29. The molecule has 0 heterocycles. The third-order valence-corrected chi connectivity index (χ3v) is 0.428. The van der Waals surface area contributed by atoms with Crippen LogP contribution in [0.5, 0.6) is 0 Å². The molecule has 0 bridgehead atoms. The summed E-state index contributed by atoms with van der Waals surface area (Å²) in [6.07, 6.45) is 4.26. The molecule has 0 aromatic carbocycles. The van der Waals surface area contributed by atoms with Gasteiger partial charge < -0.3 is 28.2 Å².